The Labute approximate surface area is 146 Å². The molecule has 7 nitrogen and oxygen atoms in total. The van der Waals surface area contributed by atoms with Crippen LogP contribution in [0.5, 0.6) is 11.5 Å². The van der Waals surface area contributed by atoms with Crippen molar-refractivity contribution in [3.63, 3.8) is 0 Å². The van der Waals surface area contributed by atoms with Gasteiger partial charge in [-0.25, -0.2) is 4.57 Å². The maximum atomic E-state index is 13.5. The Morgan fingerprint density at radius 2 is 1.12 bits per heavy atom. The first-order valence-corrected chi connectivity index (χ1v) is 10.4. The maximum absolute atomic E-state index is 13.5. The van der Waals surface area contributed by atoms with Crippen LogP contribution >= 0.6 is 15.2 Å². The van der Waals surface area contributed by atoms with Gasteiger partial charge in [-0.1, -0.05) is 36.4 Å². The van der Waals surface area contributed by atoms with Crippen LogP contribution in [-0.4, -0.2) is 24.4 Å². The molecule has 0 saturated heterocycles. The van der Waals surface area contributed by atoms with Gasteiger partial charge < -0.3 is 23.2 Å². The van der Waals surface area contributed by atoms with Crippen LogP contribution < -0.4 is 9.05 Å². The van der Waals surface area contributed by atoms with Crippen molar-refractivity contribution in [1.29, 1.82) is 0 Å². The van der Waals surface area contributed by atoms with Crippen molar-refractivity contribution < 1.29 is 32.3 Å². The van der Waals surface area contributed by atoms with Gasteiger partial charge in [0.05, 0.1) is 0 Å². The minimum Gasteiger partial charge on any atom is -0.414 e. The molecule has 2 aromatic carbocycles. The van der Waals surface area contributed by atoms with Gasteiger partial charge in [0.1, 0.15) is 11.5 Å². The van der Waals surface area contributed by atoms with E-state index in [1.807, 2.05) is 0 Å². The van der Waals surface area contributed by atoms with Crippen molar-refractivity contribution in [2.24, 2.45) is 0 Å². The molecule has 2 rings (SSSR count). The first-order chi connectivity index (χ1) is 11.8. The fourth-order valence-electron chi connectivity index (χ4n) is 2.00. The molecule has 0 aliphatic heterocycles. The zero-order valence-corrected chi connectivity index (χ0v) is 15.9. The van der Waals surface area contributed by atoms with E-state index in [1.165, 1.54) is 24.3 Å². The normalized spacial score (nSPS) is 14.6. The maximum Gasteiger partial charge on any atom is 0.474 e. The minimum atomic E-state index is -4.48. The molecule has 1 unspecified atom stereocenters. The second-order valence-electron chi connectivity index (χ2n) is 5.14. The smallest absolute Gasteiger partial charge is 0.414 e. The molecule has 0 aliphatic carbocycles. The van der Waals surface area contributed by atoms with Gasteiger partial charge in [0.15, 0.2) is 0 Å². The third-order valence-electron chi connectivity index (χ3n) is 3.46. The molecule has 136 valence electrons. The van der Waals surface area contributed by atoms with E-state index in [1.54, 1.807) is 36.4 Å². The fourth-order valence-corrected chi connectivity index (χ4v) is 5.96. The highest BCUT2D eigenvalue weighted by Gasteiger charge is 2.63. The molecular formula is C16H20O7P2. The quantitative estimate of drug-likeness (QED) is 0.669. The molecule has 0 aromatic heterocycles. The summed E-state index contributed by atoms with van der Waals surface area (Å²) in [6.07, 6.45) is 0. The van der Waals surface area contributed by atoms with Gasteiger partial charge in [-0.2, -0.15) is 0 Å². The lowest BCUT2D eigenvalue weighted by Crippen LogP contribution is -2.31. The summed E-state index contributed by atoms with van der Waals surface area (Å²) in [7, 11) is -6.56. The monoisotopic (exact) mass is 386 g/mol. The molecule has 0 fully saturated rings. The molecule has 0 saturated carbocycles. The summed E-state index contributed by atoms with van der Waals surface area (Å²) in [4.78, 5) is 0. The van der Waals surface area contributed by atoms with Crippen LogP contribution in [0.4, 0.5) is 0 Å². The van der Waals surface area contributed by atoms with E-state index in [4.69, 9.17) is 18.1 Å². The van der Waals surface area contributed by atoms with Gasteiger partial charge in [0.25, 0.3) is 5.08 Å². The van der Waals surface area contributed by atoms with Gasteiger partial charge in [-0.15, -0.1) is 0 Å². The molecule has 0 spiro atoms. The lowest BCUT2D eigenvalue weighted by Gasteiger charge is -2.34. The van der Waals surface area contributed by atoms with Crippen LogP contribution in [0.2, 0.25) is 0 Å². The van der Waals surface area contributed by atoms with Gasteiger partial charge >= 0.3 is 15.2 Å². The van der Waals surface area contributed by atoms with E-state index in [0.29, 0.717) is 0 Å². The largest absolute Gasteiger partial charge is 0.474 e. The predicted octanol–water partition coefficient (Wildman–Crippen LogP) is 4.49. The Morgan fingerprint density at radius 1 is 0.760 bits per heavy atom. The highest BCUT2D eigenvalue weighted by molar-refractivity contribution is 7.74. The van der Waals surface area contributed by atoms with Crippen LogP contribution in [0.1, 0.15) is 6.92 Å². The minimum absolute atomic E-state index is 0.167. The molecule has 0 heterocycles. The summed E-state index contributed by atoms with van der Waals surface area (Å²) in [6, 6.07) is 16.2. The first-order valence-electron chi connectivity index (χ1n) is 7.31. The van der Waals surface area contributed by atoms with E-state index >= 15 is 0 Å². The number of hydrogen-bond acceptors (Lipinski definition) is 7. The fraction of sp³-hybridized carbons (Fsp3) is 0.250. The Morgan fingerprint density at radius 3 is 1.44 bits per heavy atom. The van der Waals surface area contributed by atoms with Crippen molar-refractivity contribution in [2.75, 3.05) is 14.2 Å². The molecular weight excluding hydrogens is 366 g/mol. The van der Waals surface area contributed by atoms with Crippen molar-refractivity contribution >= 4 is 15.2 Å². The summed E-state index contributed by atoms with van der Waals surface area (Å²) in [5, 5.41) is 8.29. The van der Waals surface area contributed by atoms with E-state index < -0.39 is 20.3 Å². The van der Waals surface area contributed by atoms with Gasteiger partial charge in [0.2, 0.25) is 0 Å². The Balaban J connectivity index is 2.51. The first kappa shape index (κ1) is 19.7. The molecule has 1 N–H and O–H groups in total. The van der Waals surface area contributed by atoms with Crippen molar-refractivity contribution in [1.82, 2.24) is 0 Å². The topological polar surface area (TPSA) is 91.3 Å². The van der Waals surface area contributed by atoms with Gasteiger partial charge in [-0.05, 0) is 31.2 Å². The molecule has 0 amide bonds. The van der Waals surface area contributed by atoms with Crippen molar-refractivity contribution in [3.8, 4) is 11.5 Å². The van der Waals surface area contributed by atoms with Crippen molar-refractivity contribution in [3.05, 3.63) is 60.7 Å². The van der Waals surface area contributed by atoms with Gasteiger partial charge in [0, 0.05) is 14.2 Å². The second-order valence-corrected chi connectivity index (χ2v) is 10.3. The summed E-state index contributed by atoms with van der Waals surface area (Å²) in [6.45, 7) is 1.04. The van der Waals surface area contributed by atoms with E-state index in [-0.39, 0.29) is 11.5 Å². The predicted molar refractivity (Wildman–Crippen MR) is 94.0 cm³/mol. The lowest BCUT2D eigenvalue weighted by molar-refractivity contribution is 0.133. The van der Waals surface area contributed by atoms with Crippen LogP contribution in [0, 0.1) is 0 Å². The molecule has 9 heteroatoms. The third-order valence-corrected chi connectivity index (χ3v) is 8.86. The SMILES string of the molecule is COP(=O)(OC)C(C)(O)P(=O)(Oc1ccccc1)Oc1ccccc1. The number of benzene rings is 2. The molecule has 25 heavy (non-hydrogen) atoms. The number of aliphatic hydroxyl groups is 1. The van der Waals surface area contributed by atoms with E-state index in [9.17, 15) is 14.2 Å². The molecule has 1 atom stereocenters. The zero-order valence-electron chi connectivity index (χ0n) is 14.1. The number of hydrogen-bond donors (Lipinski definition) is 1. The molecule has 0 aliphatic rings. The number of para-hydroxylation sites is 2. The molecule has 0 radical (unpaired) electrons. The third kappa shape index (κ3) is 3.97. The highest BCUT2D eigenvalue weighted by atomic mass is 31.2. The second kappa shape index (κ2) is 7.73. The van der Waals surface area contributed by atoms with E-state index in [2.05, 4.69) is 0 Å². The Bertz CT molecular complexity index is 724. The average Bonchev–Trinajstić information content (AvgIpc) is 2.62. The summed E-state index contributed by atoms with van der Waals surface area (Å²) in [5.41, 5.74) is 0. The van der Waals surface area contributed by atoms with Crippen molar-refractivity contribution in [2.45, 2.75) is 12.0 Å². The van der Waals surface area contributed by atoms with Crippen LogP contribution in [0.3, 0.4) is 0 Å². The molecule has 2 aromatic rings. The molecule has 0 bridgehead atoms. The van der Waals surface area contributed by atoms with Gasteiger partial charge in [-0.3, -0.25) is 4.57 Å². The number of rotatable bonds is 8. The zero-order chi connectivity index (χ0) is 18.6. The summed E-state index contributed by atoms with van der Waals surface area (Å²) < 4.78 is 46.9. The summed E-state index contributed by atoms with van der Waals surface area (Å²) in [5.74, 6) is 0.335. The summed E-state index contributed by atoms with van der Waals surface area (Å²) >= 11 is 0. The average molecular weight is 386 g/mol. The van der Waals surface area contributed by atoms with Crippen LogP contribution in [-0.2, 0) is 18.2 Å². The lowest BCUT2D eigenvalue weighted by atomic mass is 10.3. The van der Waals surface area contributed by atoms with Crippen LogP contribution in [0.25, 0.3) is 0 Å². The highest BCUT2D eigenvalue weighted by Crippen LogP contribution is 2.75. The Hall–Kier alpha value is -1.62. The Kier molecular flexibility index (Phi) is 6.09. The standard InChI is InChI=1S/C16H20O7P2/c1-16(17,24(18,20-2)21-3)25(19,22-14-10-6-4-7-11-14)23-15-12-8-5-9-13-15/h4-13,17H,1-3H3. The van der Waals surface area contributed by atoms with E-state index in [0.717, 1.165) is 21.1 Å². The van der Waals surface area contributed by atoms with Crippen LogP contribution in [0.15, 0.2) is 60.7 Å².